The highest BCUT2D eigenvalue weighted by molar-refractivity contribution is 6.21. The number of anilines is 3. The van der Waals surface area contributed by atoms with E-state index < -0.39 is 304 Å². The maximum absolute atomic E-state index is 9.85. The van der Waals surface area contributed by atoms with Crippen LogP contribution in [0.15, 0.2) is 204 Å². The summed E-state index contributed by atoms with van der Waals surface area (Å²) in [5, 5.41) is -6.65. The molecule has 0 aliphatic carbocycles. The number of benzene rings is 10. The fourth-order valence-corrected chi connectivity index (χ4v) is 6.23. The minimum Gasteiger partial charge on any atom is -0.455 e. The van der Waals surface area contributed by atoms with E-state index in [9.17, 15) is 17.8 Å². The van der Waals surface area contributed by atoms with Crippen LogP contribution in [0.1, 0.15) is 45.2 Å². The van der Waals surface area contributed by atoms with Crippen LogP contribution in [0.5, 0.6) is 0 Å². The highest BCUT2D eigenvalue weighted by Gasteiger charge is 2.19. The summed E-state index contributed by atoms with van der Waals surface area (Å²) >= 11 is 0. The zero-order valence-electron chi connectivity index (χ0n) is 59.9. The number of rotatable bonds is 5. The Morgan fingerprint density at radius 2 is 0.963 bits per heavy atom. The van der Waals surface area contributed by atoms with Gasteiger partial charge in [0.15, 0.2) is 0 Å². The molecule has 11 aromatic rings. The summed E-state index contributed by atoms with van der Waals surface area (Å²) in [6.45, 7) is 0. The van der Waals surface area contributed by atoms with Crippen molar-refractivity contribution in [1.82, 2.24) is 0 Å². The molecule has 1 aromatic heterocycles. The predicted octanol–water partition coefficient (Wildman–Crippen LogP) is 15.0. The van der Waals surface area contributed by atoms with Crippen LogP contribution >= 0.6 is 0 Å². The number of furan rings is 1. The molecule has 10 aromatic carbocycles. The largest absolute Gasteiger partial charge is 0.455 e. The molecule has 11 rings (SSSR count). The summed E-state index contributed by atoms with van der Waals surface area (Å²) in [7, 11) is 0. The first-order valence-electron chi connectivity index (χ1n) is 32.3. The number of hydrogen-bond donors (Lipinski definition) is 0. The lowest BCUT2D eigenvalue weighted by Crippen LogP contribution is -2.10. The highest BCUT2D eigenvalue weighted by Crippen LogP contribution is 2.44. The Morgan fingerprint density at radius 1 is 0.352 bits per heavy atom. The van der Waals surface area contributed by atoms with Gasteiger partial charge in [-0.15, -0.1) is 0 Å². The summed E-state index contributed by atoms with van der Waals surface area (Å²) in [4.78, 5) is 0.399. The molecule has 0 bridgehead atoms. The Balaban J connectivity index is 1.30. The molecular weight excluding hydrogens is 655 g/mol. The van der Waals surface area contributed by atoms with Gasteiger partial charge in [-0.1, -0.05) is 151 Å². The van der Waals surface area contributed by atoms with E-state index in [1.165, 1.54) is 0 Å². The van der Waals surface area contributed by atoms with Crippen molar-refractivity contribution in [2.24, 2.45) is 0 Å². The second-order valence-electron chi connectivity index (χ2n) is 11.5. The van der Waals surface area contributed by atoms with Crippen molar-refractivity contribution in [3.8, 4) is 22.3 Å². The third-order valence-corrected chi connectivity index (χ3v) is 8.56. The second-order valence-corrected chi connectivity index (χ2v) is 11.5. The van der Waals surface area contributed by atoms with Gasteiger partial charge in [0.25, 0.3) is 0 Å². The molecule has 2 nitrogen and oxygen atoms in total. The lowest BCUT2D eigenvalue weighted by molar-refractivity contribution is 0.673. The number of para-hydroxylation sites is 1. The van der Waals surface area contributed by atoms with Crippen molar-refractivity contribution in [1.29, 1.82) is 0 Å². The zero-order chi connectivity index (χ0) is 64.3. The van der Waals surface area contributed by atoms with E-state index in [1.807, 2.05) is 0 Å². The summed E-state index contributed by atoms with van der Waals surface area (Å²) in [5.41, 5.74) is -7.97. The van der Waals surface area contributed by atoms with Gasteiger partial charge in [0, 0.05) is 32.9 Å². The molecule has 0 amide bonds. The minimum atomic E-state index is -1.29. The van der Waals surface area contributed by atoms with Crippen LogP contribution in [0.2, 0.25) is 0 Å². The fraction of sp³-hybridized carbons (Fsp3) is 0. The second kappa shape index (κ2) is 12.2. The fourth-order valence-electron chi connectivity index (χ4n) is 6.23. The van der Waals surface area contributed by atoms with Gasteiger partial charge in [-0.3, -0.25) is 0 Å². The van der Waals surface area contributed by atoms with Gasteiger partial charge < -0.3 is 9.32 Å². The standard InChI is InChI=1S/C52H33NO/c1-2-16-38(17-3-1)53(50-31-37-14-5-7-19-41(37)42-20-8-10-22-45(42)50)39-28-25-34(26-29-39)36-27-30-46-49-33-48(43-24-12-15-35-13-4-6-18-40(35)43)44-21-9-11-23-47(44)52(49)54-51(46)32-36/h1-33H/i1D,2D,3D,4D,5D,6D,7D,8D,9D,10D,11D,12D,13D,14D,15D,16D,17D,18D,19D,20D,21D,22D,23D,24D,25D,26D,27D,28D,29D,30D,31D,32D,33D. The van der Waals surface area contributed by atoms with Crippen molar-refractivity contribution >= 4 is 82.1 Å². The third-order valence-electron chi connectivity index (χ3n) is 8.56. The smallest absolute Gasteiger partial charge is 0.143 e. The molecule has 0 unspecified atom stereocenters. The van der Waals surface area contributed by atoms with Crippen molar-refractivity contribution in [3.63, 3.8) is 0 Å². The van der Waals surface area contributed by atoms with Crippen LogP contribution in [0.25, 0.3) is 87.3 Å². The summed E-state index contributed by atoms with van der Waals surface area (Å²) in [6.07, 6.45) is 0. The average molecular weight is 721 g/mol. The maximum atomic E-state index is 9.85. The molecule has 2 heteroatoms. The van der Waals surface area contributed by atoms with Gasteiger partial charge in [-0.05, 0) is 103 Å². The van der Waals surface area contributed by atoms with Crippen LogP contribution < -0.4 is 4.90 Å². The first kappa shape index (κ1) is 12.2. The van der Waals surface area contributed by atoms with Crippen LogP contribution in [0, 0.1) is 0 Å². The molecular formula is C52H33NO. The maximum Gasteiger partial charge on any atom is 0.143 e. The van der Waals surface area contributed by atoms with E-state index in [0.717, 1.165) is 0 Å². The molecule has 0 atom stereocenters. The molecule has 0 saturated heterocycles. The van der Waals surface area contributed by atoms with Gasteiger partial charge in [-0.2, -0.15) is 0 Å². The average Bonchev–Trinajstić information content (AvgIpc) is 1.69. The first-order valence-corrected chi connectivity index (χ1v) is 15.8. The molecule has 252 valence electrons. The lowest BCUT2D eigenvalue weighted by Gasteiger charge is -2.27. The molecule has 0 fully saturated rings. The van der Waals surface area contributed by atoms with Crippen molar-refractivity contribution in [2.75, 3.05) is 4.90 Å². The quantitative estimate of drug-likeness (QED) is 0.165. The van der Waals surface area contributed by atoms with Crippen molar-refractivity contribution in [3.05, 3.63) is 199 Å². The normalized spacial score (nSPS) is 20.3. The molecule has 0 N–H and O–H groups in total. The zero-order valence-corrected chi connectivity index (χ0v) is 26.9. The highest BCUT2D eigenvalue weighted by atomic mass is 16.3. The van der Waals surface area contributed by atoms with E-state index in [0.29, 0.717) is 4.90 Å². The van der Waals surface area contributed by atoms with Crippen LogP contribution in [0.3, 0.4) is 0 Å². The summed E-state index contributed by atoms with van der Waals surface area (Å²) in [5.74, 6) is 0. The molecule has 0 aliphatic rings. The van der Waals surface area contributed by atoms with Gasteiger partial charge in [0.1, 0.15) is 11.2 Å². The predicted molar refractivity (Wildman–Crippen MR) is 229 cm³/mol. The Hall–Kier alpha value is -7.16. The van der Waals surface area contributed by atoms with E-state index >= 15 is 0 Å². The molecule has 1 heterocycles. The summed E-state index contributed by atoms with van der Waals surface area (Å²) in [6, 6.07) is -33.3. The summed E-state index contributed by atoms with van der Waals surface area (Å²) < 4.78 is 305. The SMILES string of the molecule is [2H]c1c([2H])c([2H])c(N(c2c([2H])c([2H])c(-c3c([2H])c([2H])c4c(oc5c6c([2H])c([2H])c([2H])c([2H])c6c(-c6c([2H])c([2H])c([2H])c7c([2H])c([2H])c([2H])c([2H])c67)c([2H])c54)c3[2H])c([2H])c2[2H])c2c([2H])c3c([2H])c([2H])c([2H])c([2H])c3c3c([2H])c([2H])c([2H])c([2H])c23)c([2H])c1[2H]. The van der Waals surface area contributed by atoms with E-state index in [1.54, 1.807) is 0 Å². The van der Waals surface area contributed by atoms with Gasteiger partial charge >= 0.3 is 0 Å². The van der Waals surface area contributed by atoms with Crippen LogP contribution in [0.4, 0.5) is 17.1 Å². The molecule has 0 aliphatic heterocycles. The van der Waals surface area contributed by atoms with E-state index in [-0.39, 0.29) is 0 Å². The lowest BCUT2D eigenvalue weighted by atomic mass is 9.92. The van der Waals surface area contributed by atoms with Gasteiger partial charge in [0.05, 0.1) is 50.9 Å². The van der Waals surface area contributed by atoms with Crippen LogP contribution in [-0.2, 0) is 0 Å². The minimum absolute atomic E-state index is 0.399. The van der Waals surface area contributed by atoms with Crippen molar-refractivity contribution in [2.45, 2.75) is 0 Å². The van der Waals surface area contributed by atoms with E-state index in [2.05, 4.69) is 0 Å². The topological polar surface area (TPSA) is 16.4 Å². The van der Waals surface area contributed by atoms with Gasteiger partial charge in [0.2, 0.25) is 0 Å². The molecule has 0 saturated carbocycles. The molecule has 0 radical (unpaired) electrons. The Kier molecular flexibility index (Phi) is 2.76. The Labute approximate surface area is 359 Å². The Morgan fingerprint density at radius 3 is 1.78 bits per heavy atom. The third kappa shape index (κ3) is 4.81. The Bertz CT molecular complexity index is 5080. The first-order chi connectivity index (χ1) is 40.5. The number of nitrogens with zero attached hydrogens (tertiary/aromatic N) is 1. The van der Waals surface area contributed by atoms with Crippen molar-refractivity contribution < 1.29 is 49.7 Å². The molecule has 54 heavy (non-hydrogen) atoms. The van der Waals surface area contributed by atoms with E-state index in [4.69, 9.17) is 31.8 Å². The number of fused-ring (bicyclic) bond motifs is 9. The van der Waals surface area contributed by atoms with Gasteiger partial charge in [-0.25, -0.2) is 0 Å². The monoisotopic (exact) mass is 720 g/mol. The molecule has 0 spiro atoms. The number of hydrogen-bond acceptors (Lipinski definition) is 2. The van der Waals surface area contributed by atoms with Crippen LogP contribution in [-0.4, -0.2) is 0 Å².